The van der Waals surface area contributed by atoms with Gasteiger partial charge in [-0.2, -0.15) is 0 Å². The van der Waals surface area contributed by atoms with E-state index in [1.807, 2.05) is 32.0 Å². The average Bonchev–Trinajstić information content (AvgIpc) is 2.37. The molecule has 0 atom stereocenters. The molecule has 0 saturated heterocycles. The lowest BCUT2D eigenvalue weighted by Gasteiger charge is -2.09. The molecule has 19 heavy (non-hydrogen) atoms. The second kappa shape index (κ2) is 7.41. The van der Waals surface area contributed by atoms with Gasteiger partial charge < -0.3 is 14.8 Å². The Morgan fingerprint density at radius 1 is 1.26 bits per heavy atom. The van der Waals surface area contributed by atoms with Crippen molar-refractivity contribution in [2.45, 2.75) is 20.3 Å². The van der Waals surface area contributed by atoms with Crippen LogP contribution >= 0.6 is 0 Å². The minimum atomic E-state index is -0.351. The predicted molar refractivity (Wildman–Crippen MR) is 71.1 cm³/mol. The maximum Gasteiger partial charge on any atom is 0.307 e. The van der Waals surface area contributed by atoms with E-state index >= 15 is 0 Å². The number of aryl methyl sites for hydroxylation is 2. The van der Waals surface area contributed by atoms with Gasteiger partial charge in [-0.25, -0.2) is 0 Å². The molecule has 1 N–H and O–H groups in total. The van der Waals surface area contributed by atoms with Gasteiger partial charge in [0.05, 0.1) is 13.5 Å². The van der Waals surface area contributed by atoms with Crippen molar-refractivity contribution in [3.63, 3.8) is 0 Å². The van der Waals surface area contributed by atoms with Gasteiger partial charge in [0, 0.05) is 6.54 Å². The Bertz CT molecular complexity index is 457. The van der Waals surface area contributed by atoms with Crippen LogP contribution in [0.2, 0.25) is 0 Å². The van der Waals surface area contributed by atoms with Crippen LogP contribution < -0.4 is 10.1 Å². The van der Waals surface area contributed by atoms with Gasteiger partial charge in [-0.1, -0.05) is 17.7 Å². The first-order valence-electron chi connectivity index (χ1n) is 6.06. The molecule has 5 heteroatoms. The van der Waals surface area contributed by atoms with Crippen LogP contribution in [-0.2, 0) is 14.3 Å². The minimum absolute atomic E-state index is 0.0644. The van der Waals surface area contributed by atoms with E-state index in [-0.39, 0.29) is 31.4 Å². The average molecular weight is 265 g/mol. The standard InChI is InChI=1S/C14H19NO4/c1-10-4-5-12(11(2)8-10)19-9-13(16)15-7-6-14(17)18-3/h4-5,8H,6-7,9H2,1-3H3,(H,15,16). The third-order valence-electron chi connectivity index (χ3n) is 2.57. The number of ether oxygens (including phenoxy) is 2. The van der Waals surface area contributed by atoms with Crippen LogP contribution in [0.15, 0.2) is 18.2 Å². The normalized spacial score (nSPS) is 9.84. The third-order valence-corrected chi connectivity index (χ3v) is 2.57. The molecule has 0 aliphatic carbocycles. The van der Waals surface area contributed by atoms with Gasteiger partial charge in [-0.3, -0.25) is 9.59 Å². The van der Waals surface area contributed by atoms with E-state index in [0.717, 1.165) is 11.1 Å². The number of methoxy groups -OCH3 is 1. The summed E-state index contributed by atoms with van der Waals surface area (Å²) < 4.78 is 9.88. The Morgan fingerprint density at radius 2 is 2.00 bits per heavy atom. The second-order valence-electron chi connectivity index (χ2n) is 4.23. The molecule has 1 rings (SSSR count). The fourth-order valence-corrected chi connectivity index (χ4v) is 1.56. The first-order valence-corrected chi connectivity index (χ1v) is 6.06. The Morgan fingerprint density at radius 3 is 2.63 bits per heavy atom. The molecule has 0 aliphatic rings. The topological polar surface area (TPSA) is 64.6 Å². The van der Waals surface area contributed by atoms with Gasteiger partial charge in [-0.15, -0.1) is 0 Å². The molecule has 1 aromatic carbocycles. The number of esters is 1. The molecule has 0 unspecified atom stereocenters. The highest BCUT2D eigenvalue weighted by Gasteiger charge is 2.06. The first kappa shape index (κ1) is 15.0. The quantitative estimate of drug-likeness (QED) is 0.789. The van der Waals surface area contributed by atoms with E-state index in [2.05, 4.69) is 10.1 Å². The summed E-state index contributed by atoms with van der Waals surface area (Å²) >= 11 is 0. The van der Waals surface area contributed by atoms with Crippen LogP contribution in [0.1, 0.15) is 17.5 Å². The summed E-state index contributed by atoms with van der Waals surface area (Å²) in [6.45, 7) is 4.11. The molecule has 1 aromatic rings. The van der Waals surface area contributed by atoms with Crippen molar-refractivity contribution in [1.29, 1.82) is 0 Å². The number of hydrogen-bond acceptors (Lipinski definition) is 4. The number of amides is 1. The number of benzene rings is 1. The SMILES string of the molecule is COC(=O)CCNC(=O)COc1ccc(C)cc1C. The number of rotatable bonds is 6. The second-order valence-corrected chi connectivity index (χ2v) is 4.23. The van der Waals surface area contributed by atoms with E-state index < -0.39 is 0 Å². The van der Waals surface area contributed by atoms with Crippen LogP contribution in [0.4, 0.5) is 0 Å². The monoisotopic (exact) mass is 265 g/mol. The van der Waals surface area contributed by atoms with Gasteiger partial charge in [0.15, 0.2) is 6.61 Å². The fourth-order valence-electron chi connectivity index (χ4n) is 1.56. The number of carbonyl (C=O) groups is 2. The summed E-state index contributed by atoms with van der Waals surface area (Å²) in [5, 5.41) is 2.58. The fraction of sp³-hybridized carbons (Fsp3) is 0.429. The van der Waals surface area contributed by atoms with Crippen molar-refractivity contribution in [3.8, 4) is 5.75 Å². The molecule has 0 heterocycles. The summed E-state index contributed by atoms with van der Waals surface area (Å²) in [6.07, 6.45) is 0.159. The van der Waals surface area contributed by atoms with Gasteiger partial charge >= 0.3 is 5.97 Å². The molecule has 104 valence electrons. The zero-order chi connectivity index (χ0) is 14.3. The zero-order valence-corrected chi connectivity index (χ0v) is 11.5. The van der Waals surface area contributed by atoms with Crippen molar-refractivity contribution in [2.75, 3.05) is 20.3 Å². The minimum Gasteiger partial charge on any atom is -0.484 e. The van der Waals surface area contributed by atoms with Crippen LogP contribution in [0.25, 0.3) is 0 Å². The lowest BCUT2D eigenvalue weighted by atomic mass is 10.1. The van der Waals surface area contributed by atoms with Crippen molar-refractivity contribution < 1.29 is 19.1 Å². The van der Waals surface area contributed by atoms with Crippen LogP contribution in [-0.4, -0.2) is 32.1 Å². The summed E-state index contributed by atoms with van der Waals surface area (Å²) in [6, 6.07) is 5.76. The zero-order valence-electron chi connectivity index (χ0n) is 11.5. The van der Waals surface area contributed by atoms with E-state index in [0.29, 0.717) is 5.75 Å². The highest BCUT2D eigenvalue weighted by Crippen LogP contribution is 2.18. The lowest BCUT2D eigenvalue weighted by Crippen LogP contribution is -2.31. The summed E-state index contributed by atoms with van der Waals surface area (Å²) in [7, 11) is 1.31. The van der Waals surface area contributed by atoms with Crippen molar-refractivity contribution >= 4 is 11.9 Å². The lowest BCUT2D eigenvalue weighted by molar-refractivity contribution is -0.140. The molecular weight excluding hydrogens is 246 g/mol. The van der Waals surface area contributed by atoms with Crippen LogP contribution in [0.3, 0.4) is 0 Å². The van der Waals surface area contributed by atoms with Crippen LogP contribution in [0.5, 0.6) is 5.75 Å². The molecule has 0 bridgehead atoms. The molecular formula is C14H19NO4. The van der Waals surface area contributed by atoms with Crippen LogP contribution in [0, 0.1) is 13.8 Å². The van der Waals surface area contributed by atoms with E-state index in [9.17, 15) is 9.59 Å². The molecule has 0 aromatic heterocycles. The Hall–Kier alpha value is -2.04. The van der Waals surface area contributed by atoms with Gasteiger partial charge in [0.1, 0.15) is 5.75 Å². The third kappa shape index (κ3) is 5.42. The van der Waals surface area contributed by atoms with Gasteiger partial charge in [0.2, 0.25) is 0 Å². The van der Waals surface area contributed by atoms with Gasteiger partial charge in [0.25, 0.3) is 5.91 Å². The number of hydrogen-bond donors (Lipinski definition) is 1. The van der Waals surface area contributed by atoms with E-state index in [1.165, 1.54) is 7.11 Å². The molecule has 0 radical (unpaired) electrons. The summed E-state index contributed by atoms with van der Waals surface area (Å²) in [5.74, 6) is 0.0770. The van der Waals surface area contributed by atoms with E-state index in [1.54, 1.807) is 0 Å². The molecule has 0 fully saturated rings. The number of nitrogens with one attached hydrogen (secondary N) is 1. The van der Waals surface area contributed by atoms with Crippen molar-refractivity contribution in [2.24, 2.45) is 0 Å². The van der Waals surface area contributed by atoms with Gasteiger partial charge in [-0.05, 0) is 25.5 Å². The predicted octanol–water partition coefficient (Wildman–Crippen LogP) is 1.36. The summed E-state index contributed by atoms with van der Waals surface area (Å²) in [5.41, 5.74) is 2.13. The Balaban J connectivity index is 2.32. The Labute approximate surface area is 112 Å². The molecule has 0 saturated carbocycles. The Kier molecular flexibility index (Phi) is 5.85. The molecule has 5 nitrogen and oxygen atoms in total. The molecule has 1 amide bonds. The number of carbonyl (C=O) groups excluding carboxylic acids is 2. The summed E-state index contributed by atoms with van der Waals surface area (Å²) in [4.78, 5) is 22.3. The first-order chi connectivity index (χ1) is 9.02. The smallest absolute Gasteiger partial charge is 0.307 e. The maximum absolute atomic E-state index is 11.5. The molecule has 0 spiro atoms. The molecule has 0 aliphatic heterocycles. The van der Waals surface area contributed by atoms with Crippen molar-refractivity contribution in [3.05, 3.63) is 29.3 Å². The largest absolute Gasteiger partial charge is 0.484 e. The highest BCUT2D eigenvalue weighted by molar-refractivity contribution is 5.78. The maximum atomic E-state index is 11.5. The van der Waals surface area contributed by atoms with E-state index in [4.69, 9.17) is 4.74 Å². The highest BCUT2D eigenvalue weighted by atomic mass is 16.5. The van der Waals surface area contributed by atoms with Crippen molar-refractivity contribution in [1.82, 2.24) is 5.32 Å².